The van der Waals surface area contributed by atoms with Gasteiger partial charge in [-0.05, 0) is 17.5 Å². The van der Waals surface area contributed by atoms with Crippen molar-refractivity contribution in [3.63, 3.8) is 0 Å². The van der Waals surface area contributed by atoms with Crippen molar-refractivity contribution in [3.8, 4) is 17.2 Å². The first-order valence-corrected chi connectivity index (χ1v) is 5.34. The van der Waals surface area contributed by atoms with E-state index in [4.69, 9.17) is 9.47 Å². The molecule has 0 aliphatic carbocycles. The monoisotopic (exact) mass is 246 g/mol. The molecule has 92 valence electrons. The number of methoxy groups -OCH3 is 1. The molecule has 1 aliphatic heterocycles. The number of fused-ring (bicyclic) bond motifs is 2. The van der Waals surface area contributed by atoms with E-state index in [-0.39, 0.29) is 29.1 Å². The zero-order valence-electron chi connectivity index (χ0n) is 9.56. The van der Waals surface area contributed by atoms with Crippen LogP contribution in [0.25, 0.3) is 10.8 Å². The summed E-state index contributed by atoms with van der Waals surface area (Å²) in [6.45, 7) is 0.135. The van der Waals surface area contributed by atoms with Crippen molar-refractivity contribution in [3.05, 3.63) is 29.3 Å². The second kappa shape index (κ2) is 3.53. The number of ether oxygens (including phenoxy) is 2. The van der Waals surface area contributed by atoms with Crippen molar-refractivity contribution < 1.29 is 24.5 Å². The lowest BCUT2D eigenvalue weighted by atomic mass is 10.00. The molecular weight excluding hydrogens is 236 g/mol. The number of rotatable bonds is 1. The molecule has 0 spiro atoms. The summed E-state index contributed by atoms with van der Waals surface area (Å²) in [7, 11) is 1.49. The van der Waals surface area contributed by atoms with Gasteiger partial charge in [-0.1, -0.05) is 0 Å². The van der Waals surface area contributed by atoms with E-state index >= 15 is 0 Å². The van der Waals surface area contributed by atoms with Crippen LogP contribution in [-0.4, -0.2) is 23.3 Å². The highest BCUT2D eigenvalue weighted by atomic mass is 16.5. The molecule has 0 fully saturated rings. The van der Waals surface area contributed by atoms with Crippen molar-refractivity contribution in [1.29, 1.82) is 0 Å². The maximum absolute atomic E-state index is 11.5. The van der Waals surface area contributed by atoms with Gasteiger partial charge in [-0.25, -0.2) is 4.79 Å². The third-order valence-corrected chi connectivity index (χ3v) is 3.04. The highest BCUT2D eigenvalue weighted by Gasteiger charge is 2.28. The molecule has 0 aromatic heterocycles. The van der Waals surface area contributed by atoms with Gasteiger partial charge in [0.25, 0.3) is 0 Å². The third-order valence-electron chi connectivity index (χ3n) is 3.04. The minimum Gasteiger partial charge on any atom is -0.507 e. The van der Waals surface area contributed by atoms with Crippen molar-refractivity contribution in [1.82, 2.24) is 0 Å². The van der Waals surface area contributed by atoms with Crippen LogP contribution >= 0.6 is 0 Å². The molecule has 5 heteroatoms. The van der Waals surface area contributed by atoms with Crippen molar-refractivity contribution in [2.24, 2.45) is 0 Å². The number of hydrogen-bond acceptors (Lipinski definition) is 5. The SMILES string of the molecule is COc1cc(O)c2c(O)c3c(cc2c1)COC3=O. The number of phenolic OH excluding ortho intramolecular Hbond substituents is 2. The molecular formula is C13H10O5. The predicted molar refractivity (Wildman–Crippen MR) is 62.9 cm³/mol. The van der Waals surface area contributed by atoms with Gasteiger partial charge in [0.05, 0.1) is 12.5 Å². The Morgan fingerprint density at radius 2 is 2.06 bits per heavy atom. The average Bonchev–Trinajstić information content (AvgIpc) is 2.70. The molecule has 2 aromatic carbocycles. The van der Waals surface area contributed by atoms with Crippen molar-refractivity contribution in [2.75, 3.05) is 7.11 Å². The van der Waals surface area contributed by atoms with E-state index in [9.17, 15) is 15.0 Å². The Balaban J connectivity index is 2.42. The fourth-order valence-electron chi connectivity index (χ4n) is 2.21. The number of aromatic hydroxyl groups is 2. The van der Waals surface area contributed by atoms with Gasteiger partial charge >= 0.3 is 5.97 Å². The molecule has 0 saturated heterocycles. The number of carbonyl (C=O) groups is 1. The highest BCUT2D eigenvalue weighted by Crippen LogP contribution is 2.42. The van der Waals surface area contributed by atoms with Gasteiger partial charge in [-0.15, -0.1) is 0 Å². The lowest BCUT2D eigenvalue weighted by molar-refractivity contribution is 0.0533. The Kier molecular flexibility index (Phi) is 2.10. The number of hydrogen-bond donors (Lipinski definition) is 2. The van der Waals surface area contributed by atoms with Crippen LogP contribution in [0.4, 0.5) is 0 Å². The van der Waals surface area contributed by atoms with Crippen LogP contribution in [0.1, 0.15) is 15.9 Å². The molecule has 18 heavy (non-hydrogen) atoms. The highest BCUT2D eigenvalue weighted by molar-refractivity contribution is 6.06. The summed E-state index contributed by atoms with van der Waals surface area (Å²) in [4.78, 5) is 11.5. The van der Waals surface area contributed by atoms with E-state index < -0.39 is 5.97 Å². The molecule has 0 atom stereocenters. The topological polar surface area (TPSA) is 76.0 Å². The molecule has 0 bridgehead atoms. The van der Waals surface area contributed by atoms with Crippen LogP contribution in [0, 0.1) is 0 Å². The number of esters is 1. The molecule has 3 rings (SSSR count). The van der Waals surface area contributed by atoms with E-state index in [1.807, 2.05) is 0 Å². The second-order valence-corrected chi connectivity index (χ2v) is 4.08. The smallest absolute Gasteiger partial charge is 0.342 e. The summed E-state index contributed by atoms with van der Waals surface area (Å²) in [6, 6.07) is 4.77. The number of benzene rings is 2. The van der Waals surface area contributed by atoms with Crippen LogP contribution in [-0.2, 0) is 11.3 Å². The quantitative estimate of drug-likeness (QED) is 0.752. The second-order valence-electron chi connectivity index (χ2n) is 4.08. The summed E-state index contributed by atoms with van der Waals surface area (Å²) in [5.41, 5.74) is 0.737. The van der Waals surface area contributed by atoms with E-state index in [1.54, 1.807) is 12.1 Å². The standard InChI is InChI=1S/C13H10O5/c1-17-8-3-6-2-7-5-18-13(16)11(7)12(15)10(6)9(14)4-8/h2-4,14-15H,5H2,1H3. The molecule has 5 nitrogen and oxygen atoms in total. The Morgan fingerprint density at radius 3 is 2.78 bits per heavy atom. The van der Waals surface area contributed by atoms with Gasteiger partial charge in [0.15, 0.2) is 0 Å². The van der Waals surface area contributed by atoms with Gasteiger partial charge in [0.1, 0.15) is 29.4 Å². The van der Waals surface area contributed by atoms with Crippen molar-refractivity contribution >= 4 is 16.7 Å². The van der Waals surface area contributed by atoms with Crippen LogP contribution in [0.15, 0.2) is 18.2 Å². The van der Waals surface area contributed by atoms with E-state index in [1.165, 1.54) is 13.2 Å². The van der Waals surface area contributed by atoms with E-state index in [2.05, 4.69) is 0 Å². The summed E-state index contributed by atoms with van der Waals surface area (Å²) in [6.07, 6.45) is 0. The molecule has 2 N–H and O–H groups in total. The fourth-order valence-corrected chi connectivity index (χ4v) is 2.21. The first-order chi connectivity index (χ1) is 8.61. The number of cyclic esters (lactones) is 1. The molecule has 2 aromatic rings. The normalized spacial score (nSPS) is 13.5. The minimum atomic E-state index is -0.570. The zero-order chi connectivity index (χ0) is 12.9. The Bertz CT molecular complexity index is 675. The van der Waals surface area contributed by atoms with Gasteiger partial charge < -0.3 is 19.7 Å². The number of phenols is 2. The fraction of sp³-hybridized carbons (Fsp3) is 0.154. The molecule has 0 saturated carbocycles. The molecule has 1 heterocycles. The van der Waals surface area contributed by atoms with E-state index in [0.29, 0.717) is 16.7 Å². The van der Waals surface area contributed by atoms with Gasteiger partial charge in [-0.3, -0.25) is 0 Å². The van der Waals surface area contributed by atoms with Crippen LogP contribution in [0.5, 0.6) is 17.2 Å². The van der Waals surface area contributed by atoms with Gasteiger partial charge in [-0.2, -0.15) is 0 Å². The Labute approximate surface area is 102 Å². The van der Waals surface area contributed by atoms with Gasteiger partial charge in [0, 0.05) is 11.6 Å². The lowest BCUT2D eigenvalue weighted by Crippen LogP contribution is -1.95. The molecule has 1 aliphatic rings. The average molecular weight is 246 g/mol. The van der Waals surface area contributed by atoms with Crippen LogP contribution in [0.2, 0.25) is 0 Å². The Morgan fingerprint density at radius 1 is 1.28 bits per heavy atom. The third kappa shape index (κ3) is 1.30. The largest absolute Gasteiger partial charge is 0.507 e. The Hall–Kier alpha value is -2.43. The first kappa shape index (κ1) is 10.7. The molecule has 0 radical (unpaired) electrons. The lowest BCUT2D eigenvalue weighted by Gasteiger charge is -2.09. The summed E-state index contributed by atoms with van der Waals surface area (Å²) in [5, 5.41) is 20.8. The zero-order valence-corrected chi connectivity index (χ0v) is 9.56. The van der Waals surface area contributed by atoms with E-state index in [0.717, 1.165) is 0 Å². The maximum atomic E-state index is 11.5. The van der Waals surface area contributed by atoms with Crippen LogP contribution in [0.3, 0.4) is 0 Å². The predicted octanol–water partition coefficient (Wildman–Crippen LogP) is 1.93. The summed E-state index contributed by atoms with van der Waals surface area (Å²) in [5.74, 6) is -0.473. The first-order valence-electron chi connectivity index (χ1n) is 5.34. The van der Waals surface area contributed by atoms with Gasteiger partial charge in [0.2, 0.25) is 0 Å². The summed E-state index contributed by atoms with van der Waals surface area (Å²) < 4.78 is 9.90. The number of carbonyl (C=O) groups excluding carboxylic acids is 1. The molecule has 0 amide bonds. The van der Waals surface area contributed by atoms with Crippen LogP contribution < -0.4 is 4.74 Å². The molecule has 0 unspecified atom stereocenters. The maximum Gasteiger partial charge on any atom is 0.342 e. The minimum absolute atomic E-state index is 0.128. The summed E-state index contributed by atoms with van der Waals surface area (Å²) >= 11 is 0. The van der Waals surface area contributed by atoms with Crippen molar-refractivity contribution in [2.45, 2.75) is 6.61 Å².